The van der Waals surface area contributed by atoms with E-state index in [1.807, 2.05) is 0 Å². The monoisotopic (exact) mass is 1480 g/mol. The lowest BCUT2D eigenvalue weighted by atomic mass is 9.91. The molecule has 0 spiro atoms. The van der Waals surface area contributed by atoms with E-state index in [9.17, 15) is 62.6 Å². The number of carbonyl (C=O) groups is 12. The summed E-state index contributed by atoms with van der Waals surface area (Å²) in [4.78, 5) is 180. The fraction of sp³-hybridized carbons (Fsp3) is 0.646. The lowest BCUT2D eigenvalue weighted by Gasteiger charge is -2.40. The predicted molar refractivity (Wildman–Crippen MR) is 390 cm³/mol. The average molecular weight is 1480 g/mol. The number of carboxylic acids is 1. The number of amides is 11. The maximum atomic E-state index is 15.1. The smallest absolute Gasteiger partial charge is 0.305 e. The minimum absolute atomic E-state index is 0.00228. The second-order valence-electron chi connectivity index (χ2n) is 25.5. The first-order valence-electron chi connectivity index (χ1n) is 34.9. The Kier molecular flexibility index (Phi) is 42.2. The Morgan fingerprint density at radius 3 is 1.42 bits per heavy atom. The molecule has 29 N–H and O–H groups in total. The Labute approximate surface area is 611 Å². The van der Waals surface area contributed by atoms with Gasteiger partial charge in [-0.3, -0.25) is 84.0 Å². The maximum Gasteiger partial charge on any atom is 0.305 e. The molecule has 581 valence electrons. The number of carboxylic acid groups (broad SMARTS) is 1. The lowest BCUT2D eigenvalue weighted by Crippen LogP contribution is -2.62. The lowest BCUT2D eigenvalue weighted by molar-refractivity contribution is -0.142. The third-order valence-corrected chi connectivity index (χ3v) is 17.6. The van der Waals surface area contributed by atoms with Gasteiger partial charge in [-0.05, 0) is 88.5 Å². The molecule has 0 aliphatic heterocycles. The van der Waals surface area contributed by atoms with E-state index in [4.69, 9.17) is 50.3 Å². The summed E-state index contributed by atoms with van der Waals surface area (Å²) in [5, 5.41) is 75.6. The fourth-order valence-electron chi connectivity index (χ4n) is 11.0. The zero-order valence-electron chi connectivity index (χ0n) is 59.9. The Bertz CT molecular complexity index is 3060. The molecule has 104 heavy (non-hydrogen) atoms. The Hall–Kier alpha value is -10.1. The van der Waals surface area contributed by atoms with E-state index in [0.717, 1.165) is 19.3 Å². The second kappa shape index (κ2) is 48.7. The number of aliphatic carboxylic acids is 1. The highest BCUT2D eigenvalue weighted by atomic mass is 32.1. The molecular formula is C65H111N24O14S. The van der Waals surface area contributed by atoms with Gasteiger partial charge in [0.25, 0.3) is 0 Å². The van der Waals surface area contributed by atoms with Gasteiger partial charge in [-0.15, -0.1) is 0 Å². The molecule has 1 radical (unpaired) electrons. The Morgan fingerprint density at radius 2 is 0.952 bits per heavy atom. The van der Waals surface area contributed by atoms with Crippen LogP contribution in [0.25, 0.3) is 0 Å². The van der Waals surface area contributed by atoms with Crippen molar-refractivity contribution in [2.24, 2.45) is 40.5 Å². The minimum Gasteiger partial charge on any atom is -0.481 e. The summed E-state index contributed by atoms with van der Waals surface area (Å²) in [6, 6.07) is -5.22. The number of nitrogens with zero attached hydrogens (tertiary/aromatic N) is 1. The van der Waals surface area contributed by atoms with Crippen LogP contribution in [0.3, 0.4) is 0 Å². The first kappa shape index (κ1) is 90.0. The number of carbonyl (C=O) groups excluding carboxylic acids is 12. The van der Waals surface area contributed by atoms with Gasteiger partial charge in [0, 0.05) is 44.4 Å². The van der Waals surface area contributed by atoms with Crippen molar-refractivity contribution >= 4 is 114 Å². The van der Waals surface area contributed by atoms with Gasteiger partial charge in [-0.2, -0.15) is 12.6 Å². The van der Waals surface area contributed by atoms with Crippen LogP contribution in [0.5, 0.6) is 0 Å². The van der Waals surface area contributed by atoms with Crippen LogP contribution < -0.4 is 103 Å². The van der Waals surface area contributed by atoms with Crippen LogP contribution in [-0.4, -0.2) is 223 Å². The molecule has 1 aromatic rings. The van der Waals surface area contributed by atoms with Gasteiger partial charge in [0.15, 0.2) is 23.8 Å². The van der Waals surface area contributed by atoms with E-state index >= 15 is 4.79 Å². The molecule has 1 aromatic carbocycles. The minimum atomic E-state index is -1.93. The van der Waals surface area contributed by atoms with Gasteiger partial charge >= 0.3 is 5.97 Å². The molecule has 38 nitrogen and oxygen atoms in total. The molecule has 1 saturated carbocycles. The number of guanidine groups is 4. The van der Waals surface area contributed by atoms with Gasteiger partial charge in [0.1, 0.15) is 48.3 Å². The zero-order chi connectivity index (χ0) is 78.0. The first-order chi connectivity index (χ1) is 49.3. The number of rotatable bonds is 49. The van der Waals surface area contributed by atoms with E-state index in [1.165, 1.54) is 11.8 Å². The second-order valence-corrected chi connectivity index (χ2v) is 25.9. The van der Waals surface area contributed by atoms with Crippen LogP contribution in [0, 0.1) is 33.5 Å². The van der Waals surface area contributed by atoms with Crippen molar-refractivity contribution in [3.05, 3.63) is 35.9 Å². The molecule has 0 saturated heterocycles. The molecule has 0 heterocycles. The summed E-state index contributed by atoms with van der Waals surface area (Å²) in [6.07, 6.45) is 5.95. The highest BCUT2D eigenvalue weighted by Crippen LogP contribution is 2.27. The molecule has 0 unspecified atom stereocenters. The summed E-state index contributed by atoms with van der Waals surface area (Å²) >= 11 is 4.12. The van der Waals surface area contributed by atoms with Crippen molar-refractivity contribution in [3.63, 3.8) is 0 Å². The van der Waals surface area contributed by atoms with Crippen molar-refractivity contribution in [2.75, 3.05) is 45.0 Å². The number of nitrogens with one attached hydrogen (secondary N) is 18. The highest BCUT2D eigenvalue weighted by molar-refractivity contribution is 7.80. The summed E-state index contributed by atoms with van der Waals surface area (Å²) in [6.45, 7) is 7.07. The van der Waals surface area contributed by atoms with E-state index in [1.54, 1.807) is 58.0 Å². The molecule has 0 aromatic heterocycles. The number of hydrogen-bond acceptors (Lipinski definition) is 19. The van der Waals surface area contributed by atoms with Crippen molar-refractivity contribution in [2.45, 2.75) is 210 Å². The summed E-state index contributed by atoms with van der Waals surface area (Å²) in [7, 11) is 0. The standard InChI is InChI=1S/C65H111N24O14S/c1-6-36(3)51(87-55(97)43(24-16-28-77-64(71)72)82-49(92)33-79-48(91)32-80-53(95)38(5)81-58(100)47(35-104)86-54(96)42(66)23-15-27-76-63(69)70)59(101)84-45(31-50(93)94)57(99)83-44(25-17-29-78-65(73)74)56(98)88-52(37(4)7-2)60(102)85-46(30-39-18-10-8-11-19-39)61(103)89(40-20-12-9-13-21-40)41(34-90)22-14-26-75-62(67)68/h8,10-11,18-19,36-38,40-47,51-52,104H,6-7,9,12-17,20-33,35,66H2,1-5H3,(H,79,91)(H,80,95)(H,81,100)(H,82,92)(H,83,99)(H,84,101)(H,85,102)(H,86,96)(H,87,97)(H,88,98)(H,93,94)(H4,67,68,75)(H4,69,70,76)(H4,71,72,77)(H4,73,74,78)/t36-,37-,38-,41-,42-,43-,44-,45-,46-,47-,51-,52-/m0/s1. The van der Waals surface area contributed by atoms with Crippen molar-refractivity contribution in [1.29, 1.82) is 21.6 Å². The van der Waals surface area contributed by atoms with Crippen LogP contribution >= 0.6 is 12.6 Å². The van der Waals surface area contributed by atoms with Crippen molar-refractivity contribution in [1.82, 2.24) is 79.3 Å². The number of benzene rings is 1. The topological polar surface area (TPSA) is 639 Å². The fourth-order valence-corrected chi connectivity index (χ4v) is 11.2. The van der Waals surface area contributed by atoms with Crippen LogP contribution in [0.1, 0.15) is 143 Å². The van der Waals surface area contributed by atoms with Crippen LogP contribution in [0.2, 0.25) is 0 Å². The third-order valence-electron chi connectivity index (χ3n) is 17.2. The zero-order valence-corrected chi connectivity index (χ0v) is 60.8. The van der Waals surface area contributed by atoms with E-state index < -0.39 is 175 Å². The van der Waals surface area contributed by atoms with Crippen LogP contribution in [-0.2, 0) is 68.7 Å². The number of thiol groups is 1. The molecule has 1 aliphatic rings. The first-order valence-corrected chi connectivity index (χ1v) is 35.5. The van der Waals surface area contributed by atoms with Gasteiger partial charge < -0.3 is 113 Å². The van der Waals surface area contributed by atoms with Crippen LogP contribution in [0.4, 0.5) is 0 Å². The molecule has 1 aliphatic carbocycles. The van der Waals surface area contributed by atoms with Crippen molar-refractivity contribution < 1.29 is 67.4 Å². The van der Waals surface area contributed by atoms with E-state index in [2.05, 4.69) is 93.3 Å². The van der Waals surface area contributed by atoms with Gasteiger partial charge in [-0.1, -0.05) is 90.1 Å². The van der Waals surface area contributed by atoms with Crippen molar-refractivity contribution in [3.8, 4) is 0 Å². The normalized spacial score (nSPS) is 15.4. The Morgan fingerprint density at radius 1 is 0.519 bits per heavy atom. The summed E-state index contributed by atoms with van der Waals surface area (Å²) in [5.41, 5.74) is 28.3. The molecule has 1 fully saturated rings. The van der Waals surface area contributed by atoms with Gasteiger partial charge in [0.2, 0.25) is 71.3 Å². The largest absolute Gasteiger partial charge is 0.481 e. The highest BCUT2D eigenvalue weighted by Gasteiger charge is 2.40. The number of nitrogens with two attached hydrogens (primary N) is 5. The van der Waals surface area contributed by atoms with Gasteiger partial charge in [0.05, 0.1) is 31.6 Å². The van der Waals surface area contributed by atoms with E-state index in [0.29, 0.717) is 37.7 Å². The average Bonchev–Trinajstić information content (AvgIpc) is 0.823. The number of hydrogen-bond donors (Lipinski definition) is 25. The summed E-state index contributed by atoms with van der Waals surface area (Å²) in [5.74, 6) is -14.1. The molecule has 0 bridgehead atoms. The molecule has 12 atom stereocenters. The third kappa shape index (κ3) is 34.7. The Balaban J connectivity index is 2.40. The maximum absolute atomic E-state index is 15.1. The molecule has 11 amide bonds. The summed E-state index contributed by atoms with van der Waals surface area (Å²) < 4.78 is 0. The molecular weight excluding hydrogens is 1370 g/mol. The predicted octanol–water partition coefficient (Wildman–Crippen LogP) is -5.12. The molecule has 2 rings (SSSR count). The SMILES string of the molecule is CC[C@H](C)[C@H](NC(=O)[C@H](CCCNC(=N)N)NC(=O)CNC(=O)CNC(=O)[C@H](C)NC(=O)[C@H](CS)NC(=O)[C@@H](N)CCCNC(=N)N)C(=O)N[C@@H](CC(=O)O)C(=O)N[C@@H](CCCNC(=N)N)C(=O)N[C@H](C(=O)N[C@@H](Cc1ccccc1)C(=O)N(C1CCCCC1)[C@H]([C]=O)CCCNC(=N)N)[C@@H](C)CC. The van der Waals surface area contributed by atoms with Gasteiger partial charge in [-0.25, -0.2) is 0 Å². The van der Waals surface area contributed by atoms with E-state index in [-0.39, 0.29) is 101 Å². The van der Waals surface area contributed by atoms with Crippen LogP contribution in [0.15, 0.2) is 30.3 Å². The molecule has 39 heteroatoms. The quantitative estimate of drug-likeness (QED) is 0.0126.